The number of phenols is 1. The van der Waals surface area contributed by atoms with E-state index in [0.29, 0.717) is 29.4 Å². The molecule has 0 unspecified atom stereocenters. The van der Waals surface area contributed by atoms with Gasteiger partial charge in [0.25, 0.3) is 5.91 Å². The van der Waals surface area contributed by atoms with Gasteiger partial charge in [-0.1, -0.05) is 17.8 Å². The number of amides is 2. The van der Waals surface area contributed by atoms with Crippen molar-refractivity contribution in [3.05, 3.63) is 46.6 Å². The normalized spacial score (nSPS) is 16.4. The molecule has 0 saturated carbocycles. The number of benzene rings is 1. The Labute approximate surface area is 204 Å². The van der Waals surface area contributed by atoms with E-state index in [-0.39, 0.29) is 34.6 Å². The number of phenolic OH excluding ortho intramolecular Hbond substituents is 1. The van der Waals surface area contributed by atoms with E-state index in [4.69, 9.17) is 0 Å². The maximum absolute atomic E-state index is 12.9. The van der Waals surface area contributed by atoms with Gasteiger partial charge in [-0.25, -0.2) is 0 Å². The fraction of sp³-hybridized carbons (Fsp3) is 0.417. The summed E-state index contributed by atoms with van der Waals surface area (Å²) in [6.45, 7) is 13.6. The molecule has 0 spiro atoms. The summed E-state index contributed by atoms with van der Waals surface area (Å²) in [5.74, 6) is -0.274. The third kappa shape index (κ3) is 5.87. The van der Waals surface area contributed by atoms with Crippen LogP contribution >= 0.6 is 11.8 Å². The van der Waals surface area contributed by atoms with Crippen molar-refractivity contribution in [2.24, 2.45) is 4.99 Å². The van der Waals surface area contributed by atoms with Crippen LogP contribution < -0.4 is 5.32 Å². The summed E-state index contributed by atoms with van der Waals surface area (Å²) in [5.41, 5.74) is 1.89. The Balaban J connectivity index is 1.67. The maximum Gasteiger partial charge on any atom is 0.264 e. The van der Waals surface area contributed by atoms with E-state index < -0.39 is 0 Å². The topological polar surface area (TPSA) is 103 Å². The number of aromatic nitrogens is 2. The molecule has 10 heteroatoms. The van der Waals surface area contributed by atoms with Crippen molar-refractivity contribution in [3.63, 3.8) is 0 Å². The van der Waals surface area contributed by atoms with Crippen LogP contribution in [0.15, 0.2) is 45.5 Å². The van der Waals surface area contributed by atoms with Gasteiger partial charge in [-0.05, 0) is 59.2 Å². The number of aryl methyl sites for hydroxylation is 1. The summed E-state index contributed by atoms with van der Waals surface area (Å²) in [6.07, 6.45) is 3.09. The second-order valence-corrected chi connectivity index (χ2v) is 10.1. The van der Waals surface area contributed by atoms with Crippen LogP contribution in [0.2, 0.25) is 0 Å². The number of rotatable bonds is 7. The van der Waals surface area contributed by atoms with Crippen molar-refractivity contribution in [2.45, 2.75) is 44.8 Å². The quantitative estimate of drug-likeness (QED) is 0.356. The number of thioether (sulfide) groups is 1. The van der Waals surface area contributed by atoms with Gasteiger partial charge in [-0.3, -0.25) is 24.2 Å². The minimum atomic E-state index is -0.389. The average Bonchev–Trinajstić information content (AvgIpc) is 3.22. The third-order valence-corrected chi connectivity index (χ3v) is 7.05. The van der Waals surface area contributed by atoms with Gasteiger partial charge >= 0.3 is 0 Å². The highest BCUT2D eigenvalue weighted by atomic mass is 32.2. The van der Waals surface area contributed by atoms with Crippen LogP contribution in [-0.4, -0.2) is 75.4 Å². The molecule has 1 aromatic carbocycles. The molecule has 0 aliphatic carbocycles. The first-order valence-electron chi connectivity index (χ1n) is 11.0. The summed E-state index contributed by atoms with van der Waals surface area (Å²) in [6, 6.07) is 5.08. The van der Waals surface area contributed by atoms with E-state index in [1.165, 1.54) is 6.20 Å². The number of nitrogens with one attached hydrogen (secondary N) is 1. The van der Waals surface area contributed by atoms with Crippen molar-refractivity contribution in [3.8, 4) is 5.75 Å². The fourth-order valence-corrected chi connectivity index (χ4v) is 4.48. The number of nitrogens with zero attached hydrogens (tertiary/aromatic N) is 5. The summed E-state index contributed by atoms with van der Waals surface area (Å²) < 4.78 is 1.58. The Hall–Kier alpha value is -3.11. The molecule has 0 bridgehead atoms. The first kappa shape index (κ1) is 25.5. The van der Waals surface area contributed by atoms with E-state index in [1.54, 1.807) is 36.0 Å². The number of carbonyl (C=O) groups is 2. The molecule has 1 saturated heterocycles. The van der Waals surface area contributed by atoms with E-state index in [1.807, 2.05) is 11.8 Å². The van der Waals surface area contributed by atoms with Gasteiger partial charge in [0.05, 0.1) is 10.6 Å². The lowest BCUT2D eigenvalue weighted by atomic mass is 10.00. The van der Waals surface area contributed by atoms with Crippen molar-refractivity contribution < 1.29 is 14.7 Å². The number of piperazine rings is 1. The molecule has 2 N–H and O–H groups in total. The number of aliphatic imine (C=N–C) groups is 1. The Morgan fingerprint density at radius 3 is 2.71 bits per heavy atom. The Morgan fingerprint density at radius 2 is 2.03 bits per heavy atom. The number of hydrogen-bond acceptors (Lipinski definition) is 7. The Kier molecular flexibility index (Phi) is 7.83. The summed E-state index contributed by atoms with van der Waals surface area (Å²) in [5, 5.41) is 17.8. The van der Waals surface area contributed by atoms with Gasteiger partial charge in [-0.2, -0.15) is 5.10 Å². The van der Waals surface area contributed by atoms with Crippen molar-refractivity contribution in [1.29, 1.82) is 0 Å². The molecule has 182 valence electrons. The fourth-order valence-electron chi connectivity index (χ4n) is 3.71. The second-order valence-electron chi connectivity index (χ2n) is 9.03. The highest BCUT2D eigenvalue weighted by Gasteiger charge is 2.33. The SMILES string of the molecule is C=N/C=C(\Sc1ccn(CC(=O)N2CCN(C)C(C)(C)C2)n1)C(=O)Nc1c(C)ccc(O)c1C. The van der Waals surface area contributed by atoms with E-state index >= 15 is 0 Å². The molecular weight excluding hydrogens is 452 g/mol. The highest BCUT2D eigenvalue weighted by Crippen LogP contribution is 2.31. The van der Waals surface area contributed by atoms with Crippen LogP contribution in [0.5, 0.6) is 5.75 Å². The lowest BCUT2D eigenvalue weighted by Crippen LogP contribution is -2.59. The average molecular weight is 485 g/mol. The molecule has 1 aliphatic heterocycles. The molecule has 1 aliphatic rings. The molecule has 0 atom stereocenters. The third-order valence-electron chi connectivity index (χ3n) is 6.11. The monoisotopic (exact) mass is 484 g/mol. The van der Waals surface area contributed by atoms with Gasteiger partial charge in [0, 0.05) is 43.1 Å². The second kappa shape index (κ2) is 10.4. The summed E-state index contributed by atoms with van der Waals surface area (Å²) in [4.78, 5) is 33.9. The maximum atomic E-state index is 12.9. The Morgan fingerprint density at radius 1 is 1.29 bits per heavy atom. The summed E-state index contributed by atoms with van der Waals surface area (Å²) >= 11 is 1.13. The number of hydrogen-bond donors (Lipinski definition) is 2. The van der Waals surface area contributed by atoms with Crippen molar-refractivity contribution in [2.75, 3.05) is 32.0 Å². The molecule has 2 heterocycles. The van der Waals surface area contributed by atoms with Crippen molar-refractivity contribution >= 4 is 36.0 Å². The number of likely N-dealkylation sites (N-methyl/N-ethyl adjacent to an activating group) is 1. The number of aromatic hydroxyl groups is 1. The van der Waals surface area contributed by atoms with Gasteiger partial charge < -0.3 is 15.3 Å². The molecular formula is C24H32N6O3S. The minimum Gasteiger partial charge on any atom is -0.508 e. The molecule has 1 fully saturated rings. The van der Waals surface area contributed by atoms with Gasteiger partial charge in [0.15, 0.2) is 0 Å². The van der Waals surface area contributed by atoms with E-state index in [9.17, 15) is 14.7 Å². The standard InChI is InChI=1S/C24H32N6O3S/c1-16-7-8-18(31)17(2)22(16)26-23(33)19(13-25-5)34-20-9-10-30(27-20)14-21(32)29-12-11-28(6)24(3,4)15-29/h7-10,13,31H,5,11-12,14-15H2,1-4,6H3,(H,26,33)/b19-13-. The van der Waals surface area contributed by atoms with Crippen LogP contribution in [0.3, 0.4) is 0 Å². The van der Waals surface area contributed by atoms with Crippen LogP contribution in [0, 0.1) is 13.8 Å². The zero-order valence-corrected chi connectivity index (χ0v) is 21.1. The largest absolute Gasteiger partial charge is 0.508 e. The van der Waals surface area contributed by atoms with Crippen LogP contribution in [0.1, 0.15) is 25.0 Å². The number of carbonyl (C=O) groups excluding carboxylic acids is 2. The zero-order valence-electron chi connectivity index (χ0n) is 20.3. The molecule has 2 aromatic rings. The molecule has 1 aromatic heterocycles. The van der Waals surface area contributed by atoms with E-state index in [2.05, 4.69) is 47.9 Å². The van der Waals surface area contributed by atoms with Crippen molar-refractivity contribution in [1.82, 2.24) is 19.6 Å². The first-order valence-corrected chi connectivity index (χ1v) is 11.8. The van der Waals surface area contributed by atoms with E-state index in [0.717, 1.165) is 23.9 Å². The predicted octanol–water partition coefficient (Wildman–Crippen LogP) is 3.03. The van der Waals surface area contributed by atoms with Gasteiger partial charge in [0.1, 0.15) is 17.3 Å². The summed E-state index contributed by atoms with van der Waals surface area (Å²) in [7, 11) is 2.07. The molecule has 9 nitrogen and oxygen atoms in total. The van der Waals surface area contributed by atoms with Gasteiger partial charge in [-0.15, -0.1) is 0 Å². The number of anilines is 1. The predicted molar refractivity (Wildman–Crippen MR) is 135 cm³/mol. The first-order chi connectivity index (χ1) is 16.0. The lowest BCUT2D eigenvalue weighted by Gasteiger charge is -2.45. The smallest absolute Gasteiger partial charge is 0.264 e. The molecule has 3 rings (SSSR count). The molecule has 34 heavy (non-hydrogen) atoms. The highest BCUT2D eigenvalue weighted by molar-refractivity contribution is 8.04. The Bertz CT molecular complexity index is 1120. The van der Waals surface area contributed by atoms with Crippen LogP contribution in [-0.2, 0) is 16.1 Å². The minimum absolute atomic E-state index is 0.0110. The molecule has 2 amide bonds. The molecule has 0 radical (unpaired) electrons. The van der Waals surface area contributed by atoms with Gasteiger partial charge in [0.2, 0.25) is 5.91 Å². The van der Waals surface area contributed by atoms with Crippen LogP contribution in [0.25, 0.3) is 0 Å². The van der Waals surface area contributed by atoms with Crippen LogP contribution in [0.4, 0.5) is 5.69 Å². The zero-order chi connectivity index (χ0) is 25.0. The lowest BCUT2D eigenvalue weighted by molar-refractivity contribution is -0.136.